The molecule has 25 heavy (non-hydrogen) atoms. The number of aromatic nitrogens is 2. The number of hydrogen-bond donors (Lipinski definition) is 1. The zero-order valence-corrected chi connectivity index (χ0v) is 12.8. The van der Waals surface area contributed by atoms with Crippen LogP contribution in [-0.4, -0.2) is 34.2 Å². The number of anilines is 1. The van der Waals surface area contributed by atoms with E-state index in [9.17, 15) is 13.6 Å². The van der Waals surface area contributed by atoms with E-state index in [1.165, 1.54) is 17.2 Å². The summed E-state index contributed by atoms with van der Waals surface area (Å²) in [5.41, 5.74) is -0.464. The number of nitrogens with zero attached hydrogens (tertiary/aromatic N) is 3. The van der Waals surface area contributed by atoms with Crippen molar-refractivity contribution in [3.63, 3.8) is 0 Å². The first-order valence-corrected chi connectivity index (χ1v) is 7.49. The minimum Gasteiger partial charge on any atom is -0.461 e. The fourth-order valence-electron chi connectivity index (χ4n) is 2.51. The maximum absolute atomic E-state index is 13.6. The van der Waals surface area contributed by atoms with E-state index in [1.807, 2.05) is 0 Å². The maximum atomic E-state index is 13.6. The molecule has 2 aromatic heterocycles. The van der Waals surface area contributed by atoms with Crippen LogP contribution in [0.5, 0.6) is 0 Å². The third kappa shape index (κ3) is 2.84. The first kappa shape index (κ1) is 15.3. The molecule has 0 bridgehead atoms. The van der Waals surface area contributed by atoms with Gasteiger partial charge in [0.15, 0.2) is 5.76 Å². The number of rotatable bonds is 3. The average Bonchev–Trinajstić information content (AvgIpc) is 3.20. The number of urea groups is 1. The van der Waals surface area contributed by atoms with Gasteiger partial charge < -0.3 is 19.2 Å². The van der Waals surface area contributed by atoms with Gasteiger partial charge in [-0.25, -0.2) is 13.6 Å². The van der Waals surface area contributed by atoms with Gasteiger partial charge in [-0.1, -0.05) is 11.2 Å². The molecule has 0 atom stereocenters. The number of carbonyl (C=O) groups is 1. The van der Waals surface area contributed by atoms with Crippen LogP contribution in [0.4, 0.5) is 19.3 Å². The second-order valence-electron chi connectivity index (χ2n) is 5.56. The third-order valence-electron chi connectivity index (χ3n) is 3.90. The lowest BCUT2D eigenvalue weighted by atomic mass is 10.0. The molecule has 1 aliphatic rings. The predicted molar refractivity (Wildman–Crippen MR) is 81.7 cm³/mol. The Morgan fingerprint density at radius 1 is 1.20 bits per heavy atom. The lowest BCUT2D eigenvalue weighted by Gasteiger charge is -2.36. The van der Waals surface area contributed by atoms with Crippen LogP contribution in [0.15, 0.2) is 45.5 Å². The van der Waals surface area contributed by atoms with Crippen LogP contribution < -0.4 is 5.32 Å². The normalized spacial score (nSPS) is 14.4. The number of nitrogens with one attached hydrogen (secondary N) is 1. The van der Waals surface area contributed by atoms with Crippen LogP contribution in [0, 0.1) is 11.6 Å². The maximum Gasteiger partial charge on any atom is 0.322 e. The second-order valence-corrected chi connectivity index (χ2v) is 5.56. The minimum absolute atomic E-state index is 0.132. The summed E-state index contributed by atoms with van der Waals surface area (Å²) in [5.74, 6) is -0.592. The quantitative estimate of drug-likeness (QED) is 0.787. The summed E-state index contributed by atoms with van der Waals surface area (Å²) in [6.07, 6.45) is 1.50. The lowest BCUT2D eigenvalue weighted by molar-refractivity contribution is 0.147. The molecule has 2 amide bonds. The number of para-hydroxylation sites is 1. The van der Waals surface area contributed by atoms with Crippen molar-refractivity contribution in [1.29, 1.82) is 0 Å². The molecule has 1 aliphatic heterocycles. The molecule has 0 radical (unpaired) electrons. The van der Waals surface area contributed by atoms with E-state index in [2.05, 4.69) is 15.5 Å². The summed E-state index contributed by atoms with van der Waals surface area (Å²) in [4.78, 5) is 17.7. The summed E-state index contributed by atoms with van der Waals surface area (Å²) in [6.45, 7) is 0.614. The molecule has 1 aromatic carbocycles. The molecular formula is C16H12F2N4O3. The Balaban J connectivity index is 1.38. The molecule has 3 aromatic rings. The summed E-state index contributed by atoms with van der Waals surface area (Å²) in [7, 11) is 0. The second kappa shape index (κ2) is 6.00. The molecule has 9 heteroatoms. The zero-order valence-electron chi connectivity index (χ0n) is 12.8. The molecule has 1 fully saturated rings. The van der Waals surface area contributed by atoms with Gasteiger partial charge >= 0.3 is 6.03 Å². The molecule has 128 valence electrons. The van der Waals surface area contributed by atoms with E-state index in [1.54, 1.807) is 12.1 Å². The van der Waals surface area contributed by atoms with Gasteiger partial charge in [-0.2, -0.15) is 4.98 Å². The van der Waals surface area contributed by atoms with Gasteiger partial charge in [0.1, 0.15) is 17.3 Å². The lowest BCUT2D eigenvalue weighted by Crippen LogP contribution is -2.50. The molecular weight excluding hydrogens is 334 g/mol. The largest absolute Gasteiger partial charge is 0.461 e. The van der Waals surface area contributed by atoms with Gasteiger partial charge in [-0.3, -0.25) is 0 Å². The number of halogens is 2. The van der Waals surface area contributed by atoms with E-state index in [0.717, 1.165) is 12.1 Å². The highest BCUT2D eigenvalue weighted by Gasteiger charge is 2.36. The Morgan fingerprint density at radius 3 is 2.64 bits per heavy atom. The average molecular weight is 346 g/mol. The number of carbonyl (C=O) groups excluding carboxylic acids is 1. The predicted octanol–water partition coefficient (Wildman–Crippen LogP) is 3.24. The summed E-state index contributed by atoms with van der Waals surface area (Å²) >= 11 is 0. The van der Waals surface area contributed by atoms with Gasteiger partial charge in [0.2, 0.25) is 11.7 Å². The van der Waals surface area contributed by atoms with Crippen LogP contribution in [0.3, 0.4) is 0 Å². The highest BCUT2D eigenvalue weighted by molar-refractivity contribution is 5.90. The Hall–Kier alpha value is -3.23. The van der Waals surface area contributed by atoms with E-state index in [4.69, 9.17) is 8.94 Å². The standard InChI is InChI=1S/C16H12F2N4O3/c17-10-3-1-4-11(18)13(10)19-16(23)22-7-9(8-22)15-20-14(21-25-15)12-5-2-6-24-12/h1-6,9H,7-8H2,(H,19,23). The van der Waals surface area contributed by atoms with Crippen LogP contribution in [0.1, 0.15) is 11.8 Å². The molecule has 0 saturated carbocycles. The Kier molecular flexibility index (Phi) is 3.68. The van der Waals surface area contributed by atoms with Crippen molar-refractivity contribution in [1.82, 2.24) is 15.0 Å². The first-order valence-electron chi connectivity index (χ1n) is 7.49. The van der Waals surface area contributed by atoms with Crippen molar-refractivity contribution in [3.05, 3.63) is 54.1 Å². The van der Waals surface area contributed by atoms with E-state index >= 15 is 0 Å². The fraction of sp³-hybridized carbons (Fsp3) is 0.188. The van der Waals surface area contributed by atoms with Gasteiger partial charge in [-0.15, -0.1) is 0 Å². The molecule has 7 nitrogen and oxygen atoms in total. The van der Waals surface area contributed by atoms with Crippen molar-refractivity contribution in [2.45, 2.75) is 5.92 Å². The van der Waals surface area contributed by atoms with Crippen molar-refractivity contribution in [2.24, 2.45) is 0 Å². The highest BCUT2D eigenvalue weighted by Crippen LogP contribution is 2.28. The fourth-order valence-corrected chi connectivity index (χ4v) is 2.51. The van der Waals surface area contributed by atoms with Gasteiger partial charge in [0.25, 0.3) is 0 Å². The molecule has 4 rings (SSSR count). The summed E-state index contributed by atoms with van der Waals surface area (Å²) in [6, 6.07) is 6.21. The van der Waals surface area contributed by atoms with Crippen LogP contribution in [0.2, 0.25) is 0 Å². The minimum atomic E-state index is -0.828. The third-order valence-corrected chi connectivity index (χ3v) is 3.90. The molecule has 3 heterocycles. The van der Waals surface area contributed by atoms with Crippen LogP contribution in [0.25, 0.3) is 11.6 Å². The van der Waals surface area contributed by atoms with Crippen molar-refractivity contribution >= 4 is 11.7 Å². The van der Waals surface area contributed by atoms with E-state index in [0.29, 0.717) is 30.6 Å². The Labute approximate surface area is 140 Å². The number of likely N-dealkylation sites (tertiary alicyclic amines) is 1. The smallest absolute Gasteiger partial charge is 0.322 e. The number of hydrogen-bond acceptors (Lipinski definition) is 5. The van der Waals surface area contributed by atoms with Crippen molar-refractivity contribution in [2.75, 3.05) is 18.4 Å². The molecule has 0 aliphatic carbocycles. The Morgan fingerprint density at radius 2 is 1.96 bits per heavy atom. The zero-order chi connectivity index (χ0) is 17.4. The number of benzene rings is 1. The van der Waals surface area contributed by atoms with Crippen LogP contribution in [-0.2, 0) is 0 Å². The Bertz CT molecular complexity index is 884. The molecule has 0 spiro atoms. The number of amides is 2. The SMILES string of the molecule is O=C(Nc1c(F)cccc1F)N1CC(c2nc(-c3ccco3)no2)C1. The molecule has 1 N–H and O–H groups in total. The first-order chi connectivity index (χ1) is 12.1. The van der Waals surface area contributed by atoms with E-state index < -0.39 is 23.4 Å². The summed E-state index contributed by atoms with van der Waals surface area (Å²) < 4.78 is 37.5. The molecule has 1 saturated heterocycles. The highest BCUT2D eigenvalue weighted by atomic mass is 19.1. The van der Waals surface area contributed by atoms with Crippen molar-refractivity contribution < 1.29 is 22.5 Å². The molecule has 0 unspecified atom stereocenters. The van der Waals surface area contributed by atoms with Gasteiger partial charge in [-0.05, 0) is 24.3 Å². The van der Waals surface area contributed by atoms with E-state index in [-0.39, 0.29) is 5.92 Å². The topological polar surface area (TPSA) is 84.4 Å². The van der Waals surface area contributed by atoms with Gasteiger partial charge in [0.05, 0.1) is 12.2 Å². The monoisotopic (exact) mass is 346 g/mol. The van der Waals surface area contributed by atoms with Gasteiger partial charge in [0, 0.05) is 13.1 Å². The number of furan rings is 1. The van der Waals surface area contributed by atoms with Crippen LogP contribution >= 0.6 is 0 Å². The van der Waals surface area contributed by atoms with Crippen molar-refractivity contribution in [3.8, 4) is 11.6 Å². The summed E-state index contributed by atoms with van der Waals surface area (Å²) in [5, 5.41) is 6.06.